The third-order valence-electron chi connectivity index (χ3n) is 7.98. The Morgan fingerprint density at radius 1 is 1.22 bits per heavy atom. The molecule has 4 N–H and O–H groups in total. The van der Waals surface area contributed by atoms with Crippen molar-refractivity contribution in [3.63, 3.8) is 0 Å². The molecule has 15 heteroatoms. The van der Waals surface area contributed by atoms with Crippen molar-refractivity contribution in [3.8, 4) is 0 Å². The number of pyridine rings is 1. The Bertz CT molecular complexity index is 1310. The minimum absolute atomic E-state index is 0.00468. The lowest BCUT2D eigenvalue weighted by Gasteiger charge is -2.41. The Morgan fingerprint density at radius 2 is 1.95 bits per heavy atom. The number of anilines is 2. The summed E-state index contributed by atoms with van der Waals surface area (Å²) in [7, 11) is -2.75. The van der Waals surface area contributed by atoms with Gasteiger partial charge in [-0.1, -0.05) is 24.4 Å². The molecular weight excluding hydrogens is 562 g/mol. The second-order valence-corrected chi connectivity index (χ2v) is 12.7. The monoisotopic (exact) mass is 598 g/mol. The third kappa shape index (κ3) is 6.96. The van der Waals surface area contributed by atoms with Gasteiger partial charge < -0.3 is 29.9 Å². The number of hydrogen-bond donors (Lipinski definition) is 4. The minimum Gasteiger partial charge on any atom is -0.378 e. The molecular formula is C26H36F2N6O6S. The number of carbonyl (C=O) groups is 1. The summed E-state index contributed by atoms with van der Waals surface area (Å²) < 4.78 is 63.5. The van der Waals surface area contributed by atoms with E-state index in [1.165, 1.54) is 12.3 Å². The molecule has 0 bridgehead atoms. The van der Waals surface area contributed by atoms with Crippen molar-refractivity contribution in [1.29, 1.82) is 0 Å². The van der Waals surface area contributed by atoms with E-state index in [1.807, 2.05) is 4.72 Å². The number of aromatic nitrogens is 2. The van der Waals surface area contributed by atoms with Crippen LogP contribution in [0.2, 0.25) is 0 Å². The molecule has 12 nitrogen and oxygen atoms in total. The fraction of sp³-hybridized carbons (Fsp3) is 0.654. The quantitative estimate of drug-likeness (QED) is 0.252. The molecule has 1 aliphatic heterocycles. The molecule has 0 unspecified atom stereocenters. The molecule has 0 spiro atoms. The van der Waals surface area contributed by atoms with E-state index in [9.17, 15) is 27.1 Å². The maximum absolute atomic E-state index is 13.3. The van der Waals surface area contributed by atoms with Gasteiger partial charge in [0.2, 0.25) is 10.0 Å². The minimum atomic E-state index is -4.29. The summed E-state index contributed by atoms with van der Waals surface area (Å²) in [5.74, 6) is -0.0109. The zero-order valence-corrected chi connectivity index (χ0v) is 23.6. The summed E-state index contributed by atoms with van der Waals surface area (Å²) in [5.41, 5.74) is 1.22. The Morgan fingerprint density at radius 3 is 2.61 bits per heavy atom. The number of rotatable bonds is 13. The van der Waals surface area contributed by atoms with Gasteiger partial charge >= 0.3 is 0 Å². The Labute approximate surface area is 237 Å². The number of sulfonamides is 1. The highest BCUT2D eigenvalue weighted by molar-refractivity contribution is 7.89. The zero-order chi connectivity index (χ0) is 29.1. The van der Waals surface area contributed by atoms with Crippen molar-refractivity contribution < 1.29 is 36.4 Å². The lowest BCUT2D eigenvalue weighted by atomic mass is 9.83. The lowest BCUT2D eigenvalue weighted by molar-refractivity contribution is 0.0748. The van der Waals surface area contributed by atoms with Crippen molar-refractivity contribution >= 4 is 27.4 Å². The second-order valence-electron chi connectivity index (χ2n) is 10.9. The molecule has 2 atom stereocenters. The smallest absolute Gasteiger partial charge is 0.256 e. The zero-order valence-electron chi connectivity index (χ0n) is 22.8. The summed E-state index contributed by atoms with van der Waals surface area (Å²) >= 11 is 0. The fourth-order valence-corrected chi connectivity index (χ4v) is 6.64. The number of ether oxygens (including phenoxy) is 1. The highest BCUT2D eigenvalue weighted by atomic mass is 32.2. The summed E-state index contributed by atoms with van der Waals surface area (Å²) in [6, 6.07) is 0.782. The van der Waals surface area contributed by atoms with Gasteiger partial charge in [-0.2, -0.15) is 0 Å². The van der Waals surface area contributed by atoms with Crippen molar-refractivity contribution in [2.24, 2.45) is 5.92 Å². The van der Waals surface area contributed by atoms with Crippen molar-refractivity contribution in [2.75, 3.05) is 37.0 Å². The Balaban J connectivity index is 1.37. The Kier molecular flexibility index (Phi) is 9.06. The van der Waals surface area contributed by atoms with Crippen LogP contribution in [0.15, 0.2) is 27.9 Å². The highest BCUT2D eigenvalue weighted by Gasteiger charge is 2.36. The molecule has 2 aromatic rings. The van der Waals surface area contributed by atoms with E-state index >= 15 is 0 Å². The average Bonchev–Trinajstić information content (AvgIpc) is 3.66. The number of halogens is 2. The maximum Gasteiger partial charge on any atom is 0.256 e. The van der Waals surface area contributed by atoms with Gasteiger partial charge in [-0.15, -0.1) is 0 Å². The first kappa shape index (κ1) is 29.6. The van der Waals surface area contributed by atoms with Gasteiger partial charge in [0.15, 0.2) is 0 Å². The van der Waals surface area contributed by atoms with Gasteiger partial charge in [0.1, 0.15) is 28.8 Å². The molecule has 1 amide bonds. The number of aliphatic hydroxyl groups is 1. The molecule has 2 aromatic heterocycles. The van der Waals surface area contributed by atoms with Gasteiger partial charge in [-0.25, -0.2) is 26.9 Å². The molecule has 2 saturated carbocycles. The van der Waals surface area contributed by atoms with Crippen LogP contribution in [0.5, 0.6) is 0 Å². The molecule has 3 heterocycles. The van der Waals surface area contributed by atoms with Crippen molar-refractivity contribution in [1.82, 2.24) is 20.2 Å². The van der Waals surface area contributed by atoms with E-state index in [1.54, 1.807) is 12.0 Å². The van der Waals surface area contributed by atoms with Crippen LogP contribution in [0.3, 0.4) is 0 Å². The number of aliphatic hydroxyl groups excluding tert-OH is 1. The Hall–Kier alpha value is -2.88. The fourth-order valence-electron chi connectivity index (χ4n) is 5.48. The van der Waals surface area contributed by atoms with Crippen LogP contribution in [0.1, 0.15) is 66.9 Å². The summed E-state index contributed by atoms with van der Waals surface area (Å²) in [4.78, 5) is 18.9. The first-order valence-corrected chi connectivity index (χ1v) is 15.4. The van der Waals surface area contributed by atoms with E-state index in [2.05, 4.69) is 20.8 Å². The van der Waals surface area contributed by atoms with E-state index in [0.29, 0.717) is 24.3 Å². The number of methoxy groups -OCH3 is 1. The summed E-state index contributed by atoms with van der Waals surface area (Å²) in [6.45, 7) is -0.246. The largest absolute Gasteiger partial charge is 0.378 e. The van der Waals surface area contributed by atoms with Gasteiger partial charge in [-0.05, 0) is 31.6 Å². The number of nitrogens with one attached hydrogen (secondary N) is 3. The van der Waals surface area contributed by atoms with Crippen LogP contribution < -0.4 is 20.3 Å². The number of carbonyl (C=O) groups excluding carboxylic acids is 1. The molecule has 3 fully saturated rings. The van der Waals surface area contributed by atoms with Gasteiger partial charge in [-0.3, -0.25) is 4.79 Å². The summed E-state index contributed by atoms with van der Waals surface area (Å²) in [6.07, 6.45) is 4.74. The van der Waals surface area contributed by atoms with Crippen LogP contribution in [0.4, 0.5) is 20.3 Å². The lowest BCUT2D eigenvalue weighted by Crippen LogP contribution is -2.53. The van der Waals surface area contributed by atoms with E-state index in [-0.39, 0.29) is 40.2 Å². The molecule has 3 aliphatic rings. The number of hydrogen-bond acceptors (Lipinski definition) is 10. The molecule has 2 aliphatic carbocycles. The molecule has 5 rings (SSSR count). The normalized spacial score (nSPS) is 20.1. The first-order valence-electron chi connectivity index (χ1n) is 13.9. The topological polar surface area (TPSA) is 159 Å². The SMILES string of the molecule is COC1CN(c2cc(N[C@@H](O)[C@@H](NC(=O)c3conc3C3CC3)C3CCCCC3)ncc2S(=O)(=O)NCC(F)F)C1. The molecule has 41 heavy (non-hydrogen) atoms. The summed E-state index contributed by atoms with van der Waals surface area (Å²) in [5, 5.41) is 21.3. The predicted molar refractivity (Wildman–Crippen MR) is 144 cm³/mol. The van der Waals surface area contributed by atoms with Crippen molar-refractivity contribution in [3.05, 3.63) is 29.8 Å². The van der Waals surface area contributed by atoms with E-state index in [4.69, 9.17) is 9.26 Å². The van der Waals surface area contributed by atoms with Gasteiger partial charge in [0, 0.05) is 32.2 Å². The molecule has 0 aromatic carbocycles. The van der Waals surface area contributed by atoms with E-state index < -0.39 is 35.3 Å². The average molecular weight is 599 g/mol. The first-order chi connectivity index (χ1) is 19.7. The van der Waals surface area contributed by atoms with Crippen LogP contribution in [-0.4, -0.2) is 81.1 Å². The molecule has 0 radical (unpaired) electrons. The molecule has 1 saturated heterocycles. The second kappa shape index (κ2) is 12.5. The predicted octanol–water partition coefficient (Wildman–Crippen LogP) is 2.43. The number of alkyl halides is 2. The maximum atomic E-state index is 13.3. The van der Waals surface area contributed by atoms with Crippen LogP contribution >= 0.6 is 0 Å². The van der Waals surface area contributed by atoms with Gasteiger partial charge in [0.25, 0.3) is 12.3 Å². The van der Waals surface area contributed by atoms with E-state index in [0.717, 1.165) is 51.1 Å². The third-order valence-corrected chi connectivity index (χ3v) is 9.42. The van der Waals surface area contributed by atoms with Crippen LogP contribution in [-0.2, 0) is 14.8 Å². The highest BCUT2D eigenvalue weighted by Crippen LogP contribution is 2.41. The number of amides is 1. The standard InChI is InChI=1S/C26H36F2N6O6S/c1-39-17-12-34(13-17)19-9-22(29-10-20(19)41(37,38)30-11-21(27)28)31-26(36)24(15-5-3-2-4-6-15)32-25(35)18-14-40-33-23(18)16-7-8-16/h9-10,14-17,21,24,26,30,36H,2-8,11-13H2,1H3,(H,29,31)(H,32,35)/t24-,26-/m0/s1. The van der Waals surface area contributed by atoms with Crippen LogP contribution in [0.25, 0.3) is 0 Å². The van der Waals surface area contributed by atoms with Crippen LogP contribution in [0, 0.1) is 5.92 Å². The van der Waals surface area contributed by atoms with Crippen molar-refractivity contribution in [2.45, 2.75) is 80.6 Å². The number of nitrogens with zero attached hydrogens (tertiary/aromatic N) is 3. The van der Waals surface area contributed by atoms with Gasteiger partial charge in [0.05, 0.1) is 36.3 Å². The molecule has 226 valence electrons.